The van der Waals surface area contributed by atoms with Gasteiger partial charge in [0.1, 0.15) is 5.75 Å². The molecular weight excluding hydrogens is 214 g/mol. The highest BCUT2D eigenvalue weighted by Crippen LogP contribution is 2.36. The number of aryl methyl sites for hydroxylation is 2. The summed E-state index contributed by atoms with van der Waals surface area (Å²) in [7, 11) is 3.55. The van der Waals surface area contributed by atoms with Crippen LogP contribution in [0.15, 0.2) is 18.2 Å². The molecule has 0 amide bonds. The smallest absolute Gasteiger partial charge is 0.153 e. The van der Waals surface area contributed by atoms with E-state index in [9.17, 15) is 0 Å². The number of nitrogens with two attached hydrogens (primary N) is 1. The largest absolute Gasteiger partial charge is 0.496 e. The van der Waals surface area contributed by atoms with Gasteiger partial charge in [-0.25, -0.2) is 0 Å². The molecule has 0 atom stereocenters. The Hall–Kier alpha value is -1.97. The van der Waals surface area contributed by atoms with E-state index in [1.807, 2.05) is 33.0 Å². The number of rotatable bonds is 2. The molecular formula is C13H17N3O. The van der Waals surface area contributed by atoms with Crippen LogP contribution in [-0.2, 0) is 7.05 Å². The average molecular weight is 231 g/mol. The minimum absolute atomic E-state index is 0.536. The molecule has 4 heteroatoms. The van der Waals surface area contributed by atoms with Gasteiger partial charge in [-0.1, -0.05) is 11.6 Å². The van der Waals surface area contributed by atoms with Crippen LogP contribution in [0.3, 0.4) is 0 Å². The second-order valence-corrected chi connectivity index (χ2v) is 4.17. The molecule has 1 aromatic heterocycles. The molecule has 0 saturated heterocycles. The molecule has 0 bridgehead atoms. The van der Waals surface area contributed by atoms with E-state index in [2.05, 4.69) is 11.2 Å². The highest BCUT2D eigenvalue weighted by atomic mass is 16.5. The number of anilines is 1. The maximum Gasteiger partial charge on any atom is 0.153 e. The molecule has 0 radical (unpaired) electrons. The second-order valence-electron chi connectivity index (χ2n) is 4.17. The van der Waals surface area contributed by atoms with Crippen LogP contribution in [0.4, 0.5) is 5.82 Å². The molecule has 1 aromatic carbocycles. The summed E-state index contributed by atoms with van der Waals surface area (Å²) in [6.45, 7) is 4.05. The van der Waals surface area contributed by atoms with Crippen molar-refractivity contribution in [3.63, 3.8) is 0 Å². The number of methoxy groups -OCH3 is 1. The van der Waals surface area contributed by atoms with E-state index in [1.165, 1.54) is 5.56 Å². The van der Waals surface area contributed by atoms with Gasteiger partial charge in [0.15, 0.2) is 5.82 Å². The Morgan fingerprint density at radius 2 is 2.00 bits per heavy atom. The molecule has 0 aliphatic rings. The summed E-state index contributed by atoms with van der Waals surface area (Å²) in [5.41, 5.74) is 10.1. The Kier molecular flexibility index (Phi) is 2.79. The van der Waals surface area contributed by atoms with Crippen molar-refractivity contribution in [1.29, 1.82) is 0 Å². The fourth-order valence-corrected chi connectivity index (χ4v) is 1.98. The fourth-order valence-electron chi connectivity index (χ4n) is 1.98. The lowest BCUT2D eigenvalue weighted by Crippen LogP contribution is -1.94. The minimum Gasteiger partial charge on any atom is -0.496 e. The molecule has 90 valence electrons. The molecule has 2 aromatic rings. The molecule has 0 fully saturated rings. The van der Waals surface area contributed by atoms with Gasteiger partial charge in [-0.05, 0) is 26.0 Å². The van der Waals surface area contributed by atoms with Crippen molar-refractivity contribution in [2.24, 2.45) is 7.05 Å². The third kappa shape index (κ3) is 1.86. The van der Waals surface area contributed by atoms with Crippen molar-refractivity contribution in [2.45, 2.75) is 13.8 Å². The molecule has 17 heavy (non-hydrogen) atoms. The van der Waals surface area contributed by atoms with Crippen LogP contribution in [0.1, 0.15) is 11.3 Å². The second kappa shape index (κ2) is 4.13. The highest BCUT2D eigenvalue weighted by Gasteiger charge is 2.16. The number of nitrogen functional groups attached to an aromatic ring is 1. The Balaban J connectivity index is 2.71. The average Bonchev–Trinajstić information content (AvgIpc) is 2.53. The van der Waals surface area contributed by atoms with Crippen molar-refractivity contribution in [2.75, 3.05) is 12.8 Å². The van der Waals surface area contributed by atoms with E-state index < -0.39 is 0 Å². The van der Waals surface area contributed by atoms with E-state index >= 15 is 0 Å². The molecule has 0 spiro atoms. The minimum atomic E-state index is 0.536. The molecule has 4 nitrogen and oxygen atoms in total. The number of hydrogen-bond acceptors (Lipinski definition) is 3. The van der Waals surface area contributed by atoms with Gasteiger partial charge in [-0.15, -0.1) is 0 Å². The van der Waals surface area contributed by atoms with Crippen LogP contribution in [0, 0.1) is 13.8 Å². The summed E-state index contributed by atoms with van der Waals surface area (Å²) in [6.07, 6.45) is 0. The number of benzene rings is 1. The Morgan fingerprint density at radius 1 is 1.29 bits per heavy atom. The number of nitrogens with zero attached hydrogens (tertiary/aromatic N) is 2. The summed E-state index contributed by atoms with van der Waals surface area (Å²) < 4.78 is 7.17. The summed E-state index contributed by atoms with van der Waals surface area (Å²) in [5.74, 6) is 1.35. The van der Waals surface area contributed by atoms with Crippen molar-refractivity contribution >= 4 is 5.82 Å². The lowest BCUT2D eigenvalue weighted by molar-refractivity contribution is 0.416. The number of ether oxygens (including phenoxy) is 1. The zero-order chi connectivity index (χ0) is 12.6. The number of aromatic nitrogens is 2. The Morgan fingerprint density at radius 3 is 2.53 bits per heavy atom. The van der Waals surface area contributed by atoms with Gasteiger partial charge in [0, 0.05) is 18.3 Å². The fraction of sp³-hybridized carbons (Fsp3) is 0.308. The van der Waals surface area contributed by atoms with Crippen LogP contribution >= 0.6 is 0 Å². The molecule has 2 N–H and O–H groups in total. The molecule has 0 aliphatic heterocycles. The summed E-state index contributed by atoms with van der Waals surface area (Å²) in [6, 6.07) is 6.04. The van der Waals surface area contributed by atoms with E-state index in [1.54, 1.807) is 11.8 Å². The van der Waals surface area contributed by atoms with Crippen molar-refractivity contribution in [3.8, 4) is 16.9 Å². The van der Waals surface area contributed by atoms with E-state index in [0.717, 1.165) is 22.6 Å². The predicted molar refractivity (Wildman–Crippen MR) is 69.1 cm³/mol. The van der Waals surface area contributed by atoms with Gasteiger partial charge in [0.25, 0.3) is 0 Å². The molecule has 0 saturated carbocycles. The third-order valence-electron chi connectivity index (χ3n) is 2.99. The first-order valence-electron chi connectivity index (χ1n) is 5.48. The first-order chi connectivity index (χ1) is 8.04. The zero-order valence-electron chi connectivity index (χ0n) is 10.6. The quantitative estimate of drug-likeness (QED) is 0.862. The highest BCUT2D eigenvalue weighted by molar-refractivity contribution is 5.81. The molecule has 0 aliphatic carbocycles. The van der Waals surface area contributed by atoms with Gasteiger partial charge >= 0.3 is 0 Å². The van der Waals surface area contributed by atoms with Crippen LogP contribution < -0.4 is 10.5 Å². The molecule has 2 rings (SSSR count). The van der Waals surface area contributed by atoms with Crippen molar-refractivity contribution < 1.29 is 4.74 Å². The summed E-state index contributed by atoms with van der Waals surface area (Å²) >= 11 is 0. The molecule has 1 heterocycles. The third-order valence-corrected chi connectivity index (χ3v) is 2.99. The van der Waals surface area contributed by atoms with Crippen molar-refractivity contribution in [1.82, 2.24) is 9.78 Å². The Bertz CT molecular complexity index is 558. The van der Waals surface area contributed by atoms with E-state index in [4.69, 9.17) is 10.5 Å². The maximum absolute atomic E-state index is 5.96. The van der Waals surface area contributed by atoms with Gasteiger partial charge in [-0.2, -0.15) is 5.10 Å². The lowest BCUT2D eigenvalue weighted by Gasteiger charge is -2.09. The first-order valence-corrected chi connectivity index (χ1v) is 5.48. The van der Waals surface area contributed by atoms with Crippen LogP contribution in [0.5, 0.6) is 5.75 Å². The lowest BCUT2D eigenvalue weighted by atomic mass is 10.0. The normalized spacial score (nSPS) is 10.6. The molecule has 0 unspecified atom stereocenters. The summed E-state index contributed by atoms with van der Waals surface area (Å²) in [5, 5.41) is 4.23. The first kappa shape index (κ1) is 11.5. The van der Waals surface area contributed by atoms with Crippen molar-refractivity contribution in [3.05, 3.63) is 29.5 Å². The summed E-state index contributed by atoms with van der Waals surface area (Å²) in [4.78, 5) is 0. The van der Waals surface area contributed by atoms with Gasteiger partial charge in [0.05, 0.1) is 12.7 Å². The van der Waals surface area contributed by atoms with Crippen LogP contribution in [0.2, 0.25) is 0 Å². The monoisotopic (exact) mass is 231 g/mol. The standard InChI is InChI=1S/C13H17N3O/c1-8-5-6-11(17-4)10(7-8)12-9(2)16(3)15-13(12)14/h5-7H,1-4H3,(H2,14,15). The predicted octanol–water partition coefficient (Wildman–Crippen LogP) is 2.29. The Labute approximate surface area is 101 Å². The SMILES string of the molecule is COc1ccc(C)cc1-c1c(N)nn(C)c1C. The van der Waals surface area contributed by atoms with Gasteiger partial charge < -0.3 is 10.5 Å². The zero-order valence-corrected chi connectivity index (χ0v) is 10.6. The van der Waals surface area contributed by atoms with Crippen LogP contribution in [-0.4, -0.2) is 16.9 Å². The van der Waals surface area contributed by atoms with E-state index in [0.29, 0.717) is 5.82 Å². The maximum atomic E-state index is 5.96. The number of hydrogen-bond donors (Lipinski definition) is 1. The van der Waals surface area contributed by atoms with E-state index in [-0.39, 0.29) is 0 Å². The topological polar surface area (TPSA) is 53.1 Å². The van der Waals surface area contributed by atoms with Crippen LogP contribution in [0.25, 0.3) is 11.1 Å². The van der Waals surface area contributed by atoms with Gasteiger partial charge in [-0.3, -0.25) is 4.68 Å². The van der Waals surface area contributed by atoms with Gasteiger partial charge in [0.2, 0.25) is 0 Å².